The zero-order valence-electron chi connectivity index (χ0n) is 20.4. The molecule has 1 fully saturated rings. The van der Waals surface area contributed by atoms with E-state index in [0.29, 0.717) is 0 Å². The molecule has 36 heavy (non-hydrogen) atoms. The second kappa shape index (κ2) is 13.2. The molecular formula is C22H30O14. The minimum absolute atomic E-state index is 0.300. The van der Waals surface area contributed by atoms with Crippen molar-refractivity contribution in [2.24, 2.45) is 0 Å². The molecule has 2 heterocycles. The fourth-order valence-electron chi connectivity index (χ4n) is 3.57. The number of aliphatic hydroxyl groups excluding tert-OH is 1. The van der Waals surface area contributed by atoms with E-state index < -0.39 is 85.5 Å². The van der Waals surface area contributed by atoms with Gasteiger partial charge >= 0.3 is 29.8 Å². The molecule has 0 aromatic rings. The van der Waals surface area contributed by atoms with Gasteiger partial charge in [0.25, 0.3) is 0 Å². The van der Waals surface area contributed by atoms with Crippen molar-refractivity contribution in [3.63, 3.8) is 0 Å². The first kappa shape index (κ1) is 29.0. The van der Waals surface area contributed by atoms with E-state index in [1.54, 1.807) is 0 Å². The van der Waals surface area contributed by atoms with Gasteiger partial charge in [-0.15, -0.1) is 0 Å². The number of ether oxygens (including phenoxy) is 8. The van der Waals surface area contributed by atoms with Crippen LogP contribution in [-0.2, 0) is 61.9 Å². The highest BCUT2D eigenvalue weighted by molar-refractivity contribution is 5.68. The summed E-state index contributed by atoms with van der Waals surface area (Å²) in [4.78, 5) is 57.8. The molecule has 0 aromatic heterocycles. The minimum Gasteiger partial charge on any atom is -0.492 e. The van der Waals surface area contributed by atoms with Crippen LogP contribution >= 0.6 is 0 Å². The Morgan fingerprint density at radius 1 is 0.722 bits per heavy atom. The van der Waals surface area contributed by atoms with E-state index in [2.05, 4.69) is 0 Å². The predicted molar refractivity (Wildman–Crippen MR) is 113 cm³/mol. The quantitative estimate of drug-likeness (QED) is 0.299. The van der Waals surface area contributed by atoms with Crippen LogP contribution in [0.3, 0.4) is 0 Å². The number of rotatable bonds is 9. The van der Waals surface area contributed by atoms with Crippen LogP contribution in [0.4, 0.5) is 0 Å². The Bertz CT molecular complexity index is 854. The Labute approximate surface area is 206 Å². The number of aliphatic hydroxyl groups is 1. The molecule has 202 valence electrons. The molecule has 0 aromatic carbocycles. The molecule has 0 radical (unpaired) electrons. The number of hydrogen-bond acceptors (Lipinski definition) is 14. The Morgan fingerprint density at radius 3 is 1.78 bits per heavy atom. The monoisotopic (exact) mass is 518 g/mol. The third kappa shape index (κ3) is 8.46. The van der Waals surface area contributed by atoms with E-state index in [0.717, 1.165) is 20.8 Å². The second-order valence-electron chi connectivity index (χ2n) is 7.96. The third-order valence-corrected chi connectivity index (χ3v) is 4.93. The lowest BCUT2D eigenvalue weighted by Gasteiger charge is -2.45. The van der Waals surface area contributed by atoms with E-state index >= 15 is 0 Å². The summed E-state index contributed by atoms with van der Waals surface area (Å²) < 4.78 is 42.8. The topological polar surface area (TPSA) is 179 Å². The molecule has 2 aliphatic rings. The average molecular weight is 518 g/mol. The molecule has 14 heteroatoms. The van der Waals surface area contributed by atoms with E-state index in [-0.39, 0.29) is 6.61 Å². The highest BCUT2D eigenvalue weighted by Gasteiger charge is 2.52. The third-order valence-electron chi connectivity index (χ3n) is 4.93. The van der Waals surface area contributed by atoms with Gasteiger partial charge in [-0.05, 0) is 6.08 Å². The summed E-state index contributed by atoms with van der Waals surface area (Å²) in [7, 11) is 0. The molecule has 14 nitrogen and oxygen atoms in total. The van der Waals surface area contributed by atoms with Crippen molar-refractivity contribution < 1.29 is 67.0 Å². The van der Waals surface area contributed by atoms with Crippen LogP contribution in [0.2, 0.25) is 0 Å². The summed E-state index contributed by atoms with van der Waals surface area (Å²) >= 11 is 0. The standard InChI is InChI=1S/C22H30O14/c1-10(23)30-8-16-19(15(6-7-29-16)32-12(3)25)36-22-18(28)21(34-14(5)27)20(33-13(4)26)17(35-22)9-31-11(2)24/h6-7,15-22,28H,8-9H2,1-5H3/t15-,16-,17-,18-,19+,20-,21-,22-/m1/s1. The number of carbonyl (C=O) groups is 5. The molecule has 1 saturated heterocycles. The van der Waals surface area contributed by atoms with Crippen molar-refractivity contribution in [2.45, 2.75) is 83.6 Å². The normalized spacial score (nSPS) is 31.4. The van der Waals surface area contributed by atoms with Crippen LogP contribution in [0.15, 0.2) is 12.3 Å². The van der Waals surface area contributed by atoms with Gasteiger partial charge in [0.05, 0.1) is 6.26 Å². The van der Waals surface area contributed by atoms with Gasteiger partial charge in [-0.25, -0.2) is 0 Å². The second-order valence-corrected chi connectivity index (χ2v) is 7.96. The van der Waals surface area contributed by atoms with Crippen molar-refractivity contribution in [2.75, 3.05) is 13.2 Å². The first-order chi connectivity index (χ1) is 16.9. The lowest BCUT2D eigenvalue weighted by Crippen LogP contribution is -2.63. The number of hydrogen-bond donors (Lipinski definition) is 1. The maximum Gasteiger partial charge on any atom is 0.303 e. The van der Waals surface area contributed by atoms with Gasteiger partial charge in [-0.2, -0.15) is 0 Å². The van der Waals surface area contributed by atoms with Crippen LogP contribution in [0.5, 0.6) is 0 Å². The molecular weight excluding hydrogens is 488 g/mol. The number of esters is 5. The molecule has 0 amide bonds. The van der Waals surface area contributed by atoms with Gasteiger partial charge in [0, 0.05) is 34.6 Å². The average Bonchev–Trinajstić information content (AvgIpc) is 2.76. The largest absolute Gasteiger partial charge is 0.492 e. The van der Waals surface area contributed by atoms with Crippen molar-refractivity contribution >= 4 is 29.8 Å². The Balaban J connectivity index is 2.37. The van der Waals surface area contributed by atoms with Gasteiger partial charge in [-0.3, -0.25) is 24.0 Å². The summed E-state index contributed by atoms with van der Waals surface area (Å²) in [5.41, 5.74) is 0. The van der Waals surface area contributed by atoms with Crippen molar-refractivity contribution in [1.82, 2.24) is 0 Å². The van der Waals surface area contributed by atoms with E-state index in [9.17, 15) is 29.1 Å². The van der Waals surface area contributed by atoms with Gasteiger partial charge in [0.2, 0.25) is 0 Å². The molecule has 0 unspecified atom stereocenters. The van der Waals surface area contributed by atoms with Crippen LogP contribution in [-0.4, -0.2) is 97.2 Å². The maximum absolute atomic E-state index is 11.8. The van der Waals surface area contributed by atoms with Crippen molar-refractivity contribution in [1.29, 1.82) is 0 Å². The zero-order valence-corrected chi connectivity index (χ0v) is 20.4. The lowest BCUT2D eigenvalue weighted by atomic mass is 9.98. The first-order valence-corrected chi connectivity index (χ1v) is 11.0. The maximum atomic E-state index is 11.8. The zero-order chi connectivity index (χ0) is 27.0. The summed E-state index contributed by atoms with van der Waals surface area (Å²) in [6.07, 6.45) is -7.97. The highest BCUT2D eigenvalue weighted by atomic mass is 16.7. The molecule has 0 aliphatic carbocycles. The molecule has 8 atom stereocenters. The predicted octanol–water partition coefficient (Wildman–Crippen LogP) is -0.709. The van der Waals surface area contributed by atoms with E-state index in [1.807, 2.05) is 0 Å². The summed E-state index contributed by atoms with van der Waals surface area (Å²) in [6.45, 7) is 4.93. The smallest absolute Gasteiger partial charge is 0.303 e. The van der Waals surface area contributed by atoms with Crippen LogP contribution in [0.1, 0.15) is 34.6 Å². The molecule has 0 spiro atoms. The summed E-state index contributed by atoms with van der Waals surface area (Å²) in [5.74, 6) is -3.52. The molecule has 2 rings (SSSR count). The van der Waals surface area contributed by atoms with Crippen molar-refractivity contribution in [3.05, 3.63) is 12.3 Å². The summed E-state index contributed by atoms with van der Waals surface area (Å²) in [6, 6.07) is 0. The Kier molecular flexibility index (Phi) is 10.6. The van der Waals surface area contributed by atoms with Crippen molar-refractivity contribution in [3.8, 4) is 0 Å². The SMILES string of the molecule is CC(=O)OC[C@H]1O[C@H](O[C@H]2[C@H](OC(C)=O)C=CO[C@@H]2COC(C)=O)[C@H](O)[C@@H](OC(C)=O)[C@@H]1OC(C)=O. The molecule has 0 bridgehead atoms. The minimum atomic E-state index is -1.72. The Hall–Kier alpha value is -3.23. The number of carbonyl (C=O) groups excluding carboxylic acids is 5. The highest BCUT2D eigenvalue weighted by Crippen LogP contribution is 2.31. The van der Waals surface area contributed by atoms with Gasteiger partial charge in [-0.1, -0.05) is 0 Å². The van der Waals surface area contributed by atoms with E-state index in [1.165, 1.54) is 26.2 Å². The van der Waals surface area contributed by atoms with Gasteiger partial charge in [0.15, 0.2) is 30.7 Å². The van der Waals surface area contributed by atoms with Crippen LogP contribution < -0.4 is 0 Å². The molecule has 2 aliphatic heterocycles. The fourth-order valence-corrected chi connectivity index (χ4v) is 3.57. The van der Waals surface area contributed by atoms with Crippen LogP contribution in [0.25, 0.3) is 0 Å². The fraction of sp³-hybridized carbons (Fsp3) is 0.682. The van der Waals surface area contributed by atoms with Crippen LogP contribution in [0, 0.1) is 0 Å². The van der Waals surface area contributed by atoms with E-state index in [4.69, 9.17) is 37.9 Å². The first-order valence-electron chi connectivity index (χ1n) is 11.0. The van der Waals surface area contributed by atoms with Gasteiger partial charge < -0.3 is 43.0 Å². The molecule has 1 N–H and O–H groups in total. The summed E-state index contributed by atoms with van der Waals surface area (Å²) in [5, 5.41) is 11.0. The van der Waals surface area contributed by atoms with Gasteiger partial charge in [0.1, 0.15) is 31.5 Å². The molecule has 0 saturated carbocycles. The Morgan fingerprint density at radius 2 is 1.25 bits per heavy atom. The lowest BCUT2D eigenvalue weighted by molar-refractivity contribution is -0.327.